The average molecular weight is 540 g/mol. The molecule has 228 valence electrons. The van der Waals surface area contributed by atoms with Gasteiger partial charge in [0.2, 0.25) is 5.91 Å². The van der Waals surface area contributed by atoms with Crippen molar-refractivity contribution in [1.82, 2.24) is 5.32 Å². The number of hydrogen-bond acceptors (Lipinski definition) is 3. The minimum absolute atomic E-state index is 0.0308. The van der Waals surface area contributed by atoms with Gasteiger partial charge in [-0.2, -0.15) is 0 Å². The van der Waals surface area contributed by atoms with Gasteiger partial charge in [-0.15, -0.1) is 0 Å². The molecule has 2 atom stereocenters. The summed E-state index contributed by atoms with van der Waals surface area (Å²) in [4.78, 5) is 12.3. The third-order valence-electron chi connectivity index (χ3n) is 8.12. The Bertz CT molecular complexity index is 471. The lowest BCUT2D eigenvalue weighted by Crippen LogP contribution is -2.45. The van der Waals surface area contributed by atoms with E-state index in [0.717, 1.165) is 25.7 Å². The van der Waals surface area contributed by atoms with Crippen LogP contribution in [0.5, 0.6) is 0 Å². The van der Waals surface area contributed by atoms with Crippen LogP contribution in [-0.4, -0.2) is 34.9 Å². The lowest BCUT2D eigenvalue weighted by atomic mass is 10.0. The van der Waals surface area contributed by atoms with E-state index in [2.05, 4.69) is 19.2 Å². The molecule has 1 amide bonds. The molecule has 0 heterocycles. The van der Waals surface area contributed by atoms with Crippen LogP contribution in [0.25, 0.3) is 0 Å². The number of rotatable bonds is 31. The van der Waals surface area contributed by atoms with Gasteiger partial charge >= 0.3 is 0 Å². The maximum atomic E-state index is 12.3. The van der Waals surface area contributed by atoms with Crippen molar-refractivity contribution in [3.05, 3.63) is 0 Å². The number of nitrogens with one attached hydrogen (secondary N) is 1. The van der Waals surface area contributed by atoms with Crippen LogP contribution in [0, 0.1) is 0 Å². The summed E-state index contributed by atoms with van der Waals surface area (Å²) in [7, 11) is 0. The van der Waals surface area contributed by atoms with E-state index >= 15 is 0 Å². The molecule has 38 heavy (non-hydrogen) atoms. The quantitative estimate of drug-likeness (QED) is 0.0768. The highest BCUT2D eigenvalue weighted by Gasteiger charge is 2.19. The number of aliphatic hydroxyl groups excluding tert-OH is 2. The fourth-order valence-corrected chi connectivity index (χ4v) is 5.42. The smallest absolute Gasteiger partial charge is 0.220 e. The number of carbonyl (C=O) groups excluding carboxylic acids is 1. The zero-order valence-electron chi connectivity index (χ0n) is 26.0. The SMILES string of the molecule is CCCCCCCCCCCCCCCCC(=O)N[C@@H](CO)[C@H](O)CCCCCCCCCCCCCC. The van der Waals surface area contributed by atoms with E-state index < -0.39 is 12.1 Å². The molecule has 0 aliphatic heterocycles. The Morgan fingerprint density at radius 2 is 0.842 bits per heavy atom. The van der Waals surface area contributed by atoms with Crippen LogP contribution in [0.3, 0.4) is 0 Å². The molecule has 0 unspecified atom stereocenters. The Balaban J connectivity index is 3.54. The second-order valence-corrected chi connectivity index (χ2v) is 11.9. The number of hydrogen-bond donors (Lipinski definition) is 3. The van der Waals surface area contributed by atoms with Crippen molar-refractivity contribution in [2.45, 2.75) is 206 Å². The molecule has 3 N–H and O–H groups in total. The number of carbonyl (C=O) groups is 1. The van der Waals surface area contributed by atoms with Crippen LogP contribution in [0.2, 0.25) is 0 Å². The summed E-state index contributed by atoms with van der Waals surface area (Å²) in [6.07, 6.45) is 34.3. The normalized spacial score (nSPS) is 13.1. The highest BCUT2D eigenvalue weighted by atomic mass is 16.3. The number of amides is 1. The van der Waals surface area contributed by atoms with Gasteiger partial charge in [0.05, 0.1) is 18.8 Å². The molecular formula is C34H69NO3. The third-order valence-corrected chi connectivity index (χ3v) is 8.12. The van der Waals surface area contributed by atoms with Crippen LogP contribution >= 0.6 is 0 Å². The van der Waals surface area contributed by atoms with Crippen molar-refractivity contribution in [3.63, 3.8) is 0 Å². The standard InChI is InChI=1S/C34H69NO3/c1-3-5-7-9-11-13-15-17-18-20-22-24-26-28-30-34(38)35-32(31-36)33(37)29-27-25-23-21-19-16-14-12-10-8-6-4-2/h32-33,36-37H,3-31H2,1-2H3,(H,35,38)/t32-,33+/m0/s1. The fourth-order valence-electron chi connectivity index (χ4n) is 5.42. The summed E-state index contributed by atoms with van der Waals surface area (Å²) in [5.74, 6) is -0.0308. The van der Waals surface area contributed by atoms with Gasteiger partial charge in [-0.05, 0) is 12.8 Å². The average Bonchev–Trinajstić information content (AvgIpc) is 2.92. The molecule has 0 saturated heterocycles. The van der Waals surface area contributed by atoms with Crippen molar-refractivity contribution >= 4 is 5.91 Å². The van der Waals surface area contributed by atoms with E-state index in [0.29, 0.717) is 12.8 Å². The number of unbranched alkanes of at least 4 members (excludes halogenated alkanes) is 24. The topological polar surface area (TPSA) is 69.6 Å². The van der Waals surface area contributed by atoms with E-state index in [1.807, 2.05) is 0 Å². The molecule has 0 aromatic carbocycles. The van der Waals surface area contributed by atoms with Gasteiger partial charge in [-0.3, -0.25) is 4.79 Å². The Morgan fingerprint density at radius 3 is 1.18 bits per heavy atom. The molecule has 0 aromatic heterocycles. The largest absolute Gasteiger partial charge is 0.394 e. The summed E-state index contributed by atoms with van der Waals surface area (Å²) in [6, 6.07) is -0.526. The molecule has 0 aromatic rings. The molecule has 0 bridgehead atoms. The van der Waals surface area contributed by atoms with Crippen molar-refractivity contribution in [2.24, 2.45) is 0 Å². The first-order valence-corrected chi connectivity index (χ1v) is 17.2. The molecule has 0 aliphatic rings. The predicted octanol–water partition coefficient (Wildman–Crippen LogP) is 9.79. The highest BCUT2D eigenvalue weighted by molar-refractivity contribution is 5.76. The lowest BCUT2D eigenvalue weighted by Gasteiger charge is -2.22. The van der Waals surface area contributed by atoms with Gasteiger partial charge in [0, 0.05) is 6.42 Å². The zero-order chi connectivity index (χ0) is 27.9. The first-order valence-electron chi connectivity index (χ1n) is 17.2. The second kappa shape index (κ2) is 30.9. The maximum Gasteiger partial charge on any atom is 0.220 e. The summed E-state index contributed by atoms with van der Waals surface area (Å²) >= 11 is 0. The van der Waals surface area contributed by atoms with E-state index in [9.17, 15) is 15.0 Å². The summed E-state index contributed by atoms with van der Waals surface area (Å²) < 4.78 is 0. The predicted molar refractivity (Wildman–Crippen MR) is 166 cm³/mol. The van der Waals surface area contributed by atoms with Gasteiger partial charge in [0.25, 0.3) is 0 Å². The van der Waals surface area contributed by atoms with Crippen LogP contribution in [-0.2, 0) is 4.79 Å². The van der Waals surface area contributed by atoms with Crippen LogP contribution in [0.1, 0.15) is 194 Å². The fraction of sp³-hybridized carbons (Fsp3) is 0.971. The van der Waals surface area contributed by atoms with E-state index in [1.165, 1.54) is 141 Å². The van der Waals surface area contributed by atoms with Crippen LogP contribution < -0.4 is 5.32 Å². The molecule has 0 saturated carbocycles. The van der Waals surface area contributed by atoms with Gasteiger partial charge < -0.3 is 15.5 Å². The van der Waals surface area contributed by atoms with Gasteiger partial charge in [0.15, 0.2) is 0 Å². The zero-order valence-corrected chi connectivity index (χ0v) is 26.0. The Morgan fingerprint density at radius 1 is 0.526 bits per heavy atom. The Hall–Kier alpha value is -0.610. The molecule has 0 fully saturated rings. The first kappa shape index (κ1) is 37.4. The van der Waals surface area contributed by atoms with Gasteiger partial charge in [-0.1, -0.05) is 174 Å². The van der Waals surface area contributed by atoms with Crippen molar-refractivity contribution in [1.29, 1.82) is 0 Å². The summed E-state index contributed by atoms with van der Waals surface area (Å²) in [5.41, 5.74) is 0. The van der Waals surface area contributed by atoms with Gasteiger partial charge in [-0.25, -0.2) is 0 Å². The molecular weight excluding hydrogens is 470 g/mol. The number of aliphatic hydroxyl groups is 2. The molecule has 4 nitrogen and oxygen atoms in total. The summed E-state index contributed by atoms with van der Waals surface area (Å²) in [5, 5.41) is 23.0. The van der Waals surface area contributed by atoms with E-state index in [1.54, 1.807) is 0 Å². The minimum Gasteiger partial charge on any atom is -0.394 e. The monoisotopic (exact) mass is 540 g/mol. The molecule has 0 spiro atoms. The van der Waals surface area contributed by atoms with E-state index in [4.69, 9.17) is 0 Å². The first-order chi connectivity index (χ1) is 18.7. The Labute approximate surface area is 238 Å². The molecule has 0 rings (SSSR count). The van der Waals surface area contributed by atoms with E-state index in [-0.39, 0.29) is 12.5 Å². The van der Waals surface area contributed by atoms with Crippen molar-refractivity contribution < 1.29 is 15.0 Å². The summed E-state index contributed by atoms with van der Waals surface area (Å²) in [6.45, 7) is 4.35. The maximum absolute atomic E-state index is 12.3. The van der Waals surface area contributed by atoms with Crippen LogP contribution in [0.4, 0.5) is 0 Å². The van der Waals surface area contributed by atoms with Crippen molar-refractivity contribution in [2.75, 3.05) is 6.61 Å². The van der Waals surface area contributed by atoms with Gasteiger partial charge in [0.1, 0.15) is 0 Å². The lowest BCUT2D eigenvalue weighted by molar-refractivity contribution is -0.123. The molecule has 4 heteroatoms. The Kier molecular flexibility index (Phi) is 30.4. The molecule has 0 radical (unpaired) electrons. The minimum atomic E-state index is -0.650. The van der Waals surface area contributed by atoms with Crippen LogP contribution in [0.15, 0.2) is 0 Å². The van der Waals surface area contributed by atoms with Crippen molar-refractivity contribution in [3.8, 4) is 0 Å². The molecule has 0 aliphatic carbocycles. The third kappa shape index (κ3) is 27.0. The highest BCUT2D eigenvalue weighted by Crippen LogP contribution is 2.15. The second-order valence-electron chi connectivity index (χ2n) is 11.9.